The number of hydrogen-bond donors (Lipinski definition) is 1. The van der Waals surface area contributed by atoms with Gasteiger partial charge in [0.2, 0.25) is 0 Å². The topological polar surface area (TPSA) is 35.2 Å². The van der Waals surface area contributed by atoms with Crippen LogP contribution in [0.25, 0.3) is 6.08 Å². The second-order valence-corrected chi connectivity index (χ2v) is 4.00. The molecule has 0 heterocycles. The fourth-order valence-corrected chi connectivity index (χ4v) is 1.68. The van der Waals surface area contributed by atoms with Gasteiger partial charge in [0.1, 0.15) is 0 Å². The summed E-state index contributed by atoms with van der Waals surface area (Å²) in [6, 6.07) is 10.6. The molecule has 0 unspecified atom stereocenters. The van der Waals surface area contributed by atoms with Crippen molar-refractivity contribution in [1.29, 1.82) is 0 Å². The van der Waals surface area contributed by atoms with E-state index >= 15 is 0 Å². The highest BCUT2D eigenvalue weighted by Crippen LogP contribution is 2.20. The van der Waals surface area contributed by atoms with Crippen molar-refractivity contribution in [3.63, 3.8) is 0 Å². The van der Waals surface area contributed by atoms with Crippen molar-refractivity contribution in [2.24, 2.45) is 5.73 Å². The van der Waals surface area contributed by atoms with E-state index in [1.165, 1.54) is 5.56 Å². The van der Waals surface area contributed by atoms with Crippen molar-refractivity contribution in [2.75, 3.05) is 6.61 Å². The molecule has 2 N–H and O–H groups in total. The highest BCUT2D eigenvalue weighted by molar-refractivity contribution is 5.48. The highest BCUT2D eigenvalue weighted by atomic mass is 16.5. The molecule has 0 saturated heterocycles. The number of benzene rings is 1. The van der Waals surface area contributed by atoms with E-state index in [1.54, 1.807) is 0 Å². The summed E-state index contributed by atoms with van der Waals surface area (Å²) < 4.78 is 5.60. The quantitative estimate of drug-likeness (QED) is 0.814. The zero-order valence-corrected chi connectivity index (χ0v) is 8.80. The first-order chi connectivity index (χ1) is 7.34. The van der Waals surface area contributed by atoms with E-state index in [9.17, 15) is 0 Å². The Balaban J connectivity index is 1.67. The Morgan fingerprint density at radius 2 is 2.00 bits per heavy atom. The first-order valence-corrected chi connectivity index (χ1v) is 5.43. The molecule has 1 fully saturated rings. The predicted octanol–water partition coefficient (Wildman–Crippen LogP) is 2.21. The predicted molar refractivity (Wildman–Crippen MR) is 62.4 cm³/mol. The fraction of sp³-hybridized carbons (Fsp3) is 0.385. The van der Waals surface area contributed by atoms with Gasteiger partial charge in [-0.15, -0.1) is 0 Å². The average Bonchev–Trinajstić information content (AvgIpc) is 2.23. The van der Waals surface area contributed by atoms with Crippen LogP contribution < -0.4 is 5.73 Å². The van der Waals surface area contributed by atoms with Crippen molar-refractivity contribution >= 4 is 6.08 Å². The molecule has 1 aromatic carbocycles. The van der Waals surface area contributed by atoms with E-state index in [4.69, 9.17) is 10.5 Å². The van der Waals surface area contributed by atoms with Crippen molar-refractivity contribution < 1.29 is 4.74 Å². The molecule has 15 heavy (non-hydrogen) atoms. The van der Waals surface area contributed by atoms with E-state index < -0.39 is 0 Å². The molecular formula is C13H17NO. The summed E-state index contributed by atoms with van der Waals surface area (Å²) in [7, 11) is 0. The monoisotopic (exact) mass is 203 g/mol. The molecule has 0 atom stereocenters. The molecule has 1 aromatic rings. The summed E-state index contributed by atoms with van der Waals surface area (Å²) in [4.78, 5) is 0. The lowest BCUT2D eigenvalue weighted by atomic mass is 9.90. The SMILES string of the molecule is NC1CC(OCC=Cc2ccccc2)C1. The van der Waals surface area contributed by atoms with Gasteiger partial charge in [0.05, 0.1) is 12.7 Å². The van der Waals surface area contributed by atoms with Gasteiger partial charge in [0.15, 0.2) is 0 Å². The Bertz CT molecular complexity index is 315. The minimum atomic E-state index is 0.369. The van der Waals surface area contributed by atoms with E-state index in [-0.39, 0.29) is 0 Å². The standard InChI is InChI=1S/C13H17NO/c14-12-9-13(10-12)15-8-4-7-11-5-2-1-3-6-11/h1-7,12-13H,8-10,14H2. The Hall–Kier alpha value is -1.12. The van der Waals surface area contributed by atoms with E-state index in [0.29, 0.717) is 18.8 Å². The first kappa shape index (κ1) is 10.4. The summed E-state index contributed by atoms with van der Waals surface area (Å²) >= 11 is 0. The van der Waals surface area contributed by atoms with Gasteiger partial charge in [0, 0.05) is 6.04 Å². The molecule has 0 bridgehead atoms. The minimum absolute atomic E-state index is 0.369. The molecule has 2 nitrogen and oxygen atoms in total. The van der Waals surface area contributed by atoms with Gasteiger partial charge >= 0.3 is 0 Å². The van der Waals surface area contributed by atoms with Crippen LogP contribution in [0.4, 0.5) is 0 Å². The maximum Gasteiger partial charge on any atom is 0.0654 e. The van der Waals surface area contributed by atoms with Crippen LogP contribution in [-0.4, -0.2) is 18.8 Å². The van der Waals surface area contributed by atoms with Crippen LogP contribution in [0.2, 0.25) is 0 Å². The number of hydrogen-bond acceptors (Lipinski definition) is 2. The smallest absolute Gasteiger partial charge is 0.0654 e. The average molecular weight is 203 g/mol. The highest BCUT2D eigenvalue weighted by Gasteiger charge is 2.25. The number of nitrogens with two attached hydrogens (primary N) is 1. The van der Waals surface area contributed by atoms with Crippen LogP contribution >= 0.6 is 0 Å². The zero-order chi connectivity index (χ0) is 10.5. The molecule has 0 aliphatic heterocycles. The minimum Gasteiger partial charge on any atom is -0.374 e. The second kappa shape index (κ2) is 5.10. The largest absolute Gasteiger partial charge is 0.374 e. The summed E-state index contributed by atoms with van der Waals surface area (Å²) in [5.74, 6) is 0. The van der Waals surface area contributed by atoms with Crippen LogP contribution in [-0.2, 0) is 4.74 Å². The van der Waals surface area contributed by atoms with Gasteiger partial charge in [-0.25, -0.2) is 0 Å². The molecule has 2 heteroatoms. The Kier molecular flexibility index (Phi) is 3.54. The third kappa shape index (κ3) is 3.18. The number of ether oxygens (including phenoxy) is 1. The summed E-state index contributed by atoms with van der Waals surface area (Å²) in [6.45, 7) is 0.687. The van der Waals surface area contributed by atoms with Crippen LogP contribution in [0.5, 0.6) is 0 Å². The van der Waals surface area contributed by atoms with Crippen molar-refractivity contribution in [3.05, 3.63) is 42.0 Å². The van der Waals surface area contributed by atoms with Gasteiger partial charge in [0.25, 0.3) is 0 Å². The molecule has 0 amide bonds. The van der Waals surface area contributed by atoms with Gasteiger partial charge in [-0.3, -0.25) is 0 Å². The summed E-state index contributed by atoms with van der Waals surface area (Å²) in [5.41, 5.74) is 6.88. The number of rotatable bonds is 4. The van der Waals surface area contributed by atoms with E-state index in [2.05, 4.69) is 24.3 Å². The Labute approximate surface area is 90.7 Å². The third-order valence-corrected chi connectivity index (χ3v) is 2.67. The molecule has 1 aliphatic rings. The molecule has 2 rings (SSSR count). The van der Waals surface area contributed by atoms with Gasteiger partial charge in [-0.05, 0) is 18.4 Å². The molecule has 0 aromatic heterocycles. The maximum absolute atomic E-state index is 5.67. The van der Waals surface area contributed by atoms with Crippen LogP contribution in [0.1, 0.15) is 18.4 Å². The molecule has 80 valence electrons. The molecular weight excluding hydrogens is 186 g/mol. The van der Waals surface area contributed by atoms with Crippen molar-refractivity contribution in [3.8, 4) is 0 Å². The van der Waals surface area contributed by atoms with Gasteiger partial charge in [-0.1, -0.05) is 42.5 Å². The van der Waals surface area contributed by atoms with Crippen molar-refractivity contribution in [1.82, 2.24) is 0 Å². The lowest BCUT2D eigenvalue weighted by Gasteiger charge is -2.31. The Morgan fingerprint density at radius 1 is 1.27 bits per heavy atom. The van der Waals surface area contributed by atoms with Gasteiger partial charge < -0.3 is 10.5 Å². The third-order valence-electron chi connectivity index (χ3n) is 2.67. The first-order valence-electron chi connectivity index (χ1n) is 5.43. The van der Waals surface area contributed by atoms with Gasteiger partial charge in [-0.2, -0.15) is 0 Å². The van der Waals surface area contributed by atoms with Crippen LogP contribution in [0, 0.1) is 0 Å². The molecule has 1 saturated carbocycles. The van der Waals surface area contributed by atoms with E-state index in [0.717, 1.165) is 12.8 Å². The molecule has 1 aliphatic carbocycles. The van der Waals surface area contributed by atoms with E-state index in [1.807, 2.05) is 18.2 Å². The Morgan fingerprint density at radius 3 is 2.67 bits per heavy atom. The zero-order valence-electron chi connectivity index (χ0n) is 8.80. The lowest BCUT2D eigenvalue weighted by Crippen LogP contribution is -2.41. The van der Waals surface area contributed by atoms with Crippen molar-refractivity contribution in [2.45, 2.75) is 25.0 Å². The molecule has 0 radical (unpaired) electrons. The summed E-state index contributed by atoms with van der Waals surface area (Å²) in [5, 5.41) is 0. The van der Waals surface area contributed by atoms with Crippen LogP contribution in [0.3, 0.4) is 0 Å². The fourth-order valence-electron chi connectivity index (χ4n) is 1.68. The second-order valence-electron chi connectivity index (χ2n) is 4.00. The summed E-state index contributed by atoms with van der Waals surface area (Å²) in [6.07, 6.45) is 6.55. The molecule has 0 spiro atoms. The normalized spacial score (nSPS) is 25.4. The van der Waals surface area contributed by atoms with Crippen LogP contribution in [0.15, 0.2) is 36.4 Å². The maximum atomic E-state index is 5.67. The lowest BCUT2D eigenvalue weighted by molar-refractivity contribution is 0.00724.